The SMILES string of the molecule is [C-]#[N+]c1ccc2c3ccccc3n(-c3ccc(C#N)cc3-c3ccc(-c4cccc(-n5c6ccccc6c6cc(C#N)ccc65)c4)cc3)c2c1. The monoisotopic (exact) mass is 635 g/mol. The van der Waals surface area contributed by atoms with Crippen LogP contribution in [0.4, 0.5) is 5.69 Å². The molecule has 0 saturated carbocycles. The molecule has 0 radical (unpaired) electrons. The van der Waals surface area contributed by atoms with Gasteiger partial charge in [0.1, 0.15) is 0 Å². The van der Waals surface area contributed by atoms with Gasteiger partial charge in [-0.05, 0) is 83.4 Å². The Morgan fingerprint density at radius 2 is 1.10 bits per heavy atom. The Hall–Kier alpha value is -7.39. The van der Waals surface area contributed by atoms with Crippen molar-refractivity contribution in [3.8, 4) is 45.8 Å². The molecule has 2 aromatic heterocycles. The topological polar surface area (TPSA) is 61.8 Å². The van der Waals surface area contributed by atoms with Gasteiger partial charge in [-0.15, -0.1) is 0 Å². The summed E-state index contributed by atoms with van der Waals surface area (Å²) in [5, 5.41) is 23.8. The van der Waals surface area contributed by atoms with Crippen LogP contribution in [0, 0.1) is 29.2 Å². The second kappa shape index (κ2) is 11.4. The van der Waals surface area contributed by atoms with E-state index in [1.807, 2.05) is 78.9 Å². The van der Waals surface area contributed by atoms with E-state index < -0.39 is 0 Å². The van der Waals surface area contributed by atoms with Gasteiger partial charge in [-0.1, -0.05) is 84.9 Å². The van der Waals surface area contributed by atoms with Gasteiger partial charge in [-0.2, -0.15) is 10.5 Å². The van der Waals surface area contributed by atoms with Gasteiger partial charge < -0.3 is 9.13 Å². The van der Waals surface area contributed by atoms with Crippen LogP contribution in [-0.4, -0.2) is 9.13 Å². The van der Waals surface area contributed by atoms with Gasteiger partial charge in [0.2, 0.25) is 0 Å². The number of nitriles is 2. The van der Waals surface area contributed by atoms with Crippen molar-refractivity contribution in [2.75, 3.05) is 0 Å². The maximum Gasteiger partial charge on any atom is 0.189 e. The molecule has 2 heterocycles. The summed E-state index contributed by atoms with van der Waals surface area (Å²) in [6, 6.07) is 55.7. The molecule has 0 amide bonds. The zero-order valence-electron chi connectivity index (χ0n) is 26.7. The minimum absolute atomic E-state index is 0.580. The van der Waals surface area contributed by atoms with Crippen LogP contribution in [-0.2, 0) is 0 Å². The molecule has 0 bridgehead atoms. The van der Waals surface area contributed by atoms with Crippen LogP contribution >= 0.6 is 0 Å². The molecule has 0 spiro atoms. The molecule has 0 saturated heterocycles. The van der Waals surface area contributed by atoms with Crippen LogP contribution in [0.15, 0.2) is 152 Å². The summed E-state index contributed by atoms with van der Waals surface area (Å²) in [4.78, 5) is 3.71. The van der Waals surface area contributed by atoms with Crippen molar-refractivity contribution in [2.24, 2.45) is 0 Å². The Labute approximate surface area is 288 Å². The third-order valence-corrected chi connectivity index (χ3v) is 9.59. The zero-order chi connectivity index (χ0) is 33.8. The minimum Gasteiger partial charge on any atom is -0.310 e. The molecule has 0 aliphatic carbocycles. The van der Waals surface area contributed by atoms with Gasteiger partial charge in [0.05, 0.1) is 52.1 Å². The largest absolute Gasteiger partial charge is 0.310 e. The number of hydrogen-bond acceptors (Lipinski definition) is 2. The highest BCUT2D eigenvalue weighted by Crippen LogP contribution is 2.39. The Bertz CT molecular complexity index is 2960. The molecule has 0 aliphatic rings. The zero-order valence-corrected chi connectivity index (χ0v) is 26.7. The molecule has 9 aromatic rings. The normalized spacial score (nSPS) is 11.1. The van der Waals surface area contributed by atoms with Crippen molar-refractivity contribution in [3.05, 3.63) is 174 Å². The van der Waals surface area contributed by atoms with E-state index in [0.29, 0.717) is 16.8 Å². The van der Waals surface area contributed by atoms with E-state index in [-0.39, 0.29) is 0 Å². The van der Waals surface area contributed by atoms with Gasteiger partial charge in [-0.25, -0.2) is 4.85 Å². The van der Waals surface area contributed by atoms with E-state index in [9.17, 15) is 10.5 Å². The van der Waals surface area contributed by atoms with E-state index in [1.54, 1.807) is 0 Å². The first-order valence-corrected chi connectivity index (χ1v) is 16.2. The van der Waals surface area contributed by atoms with Gasteiger partial charge >= 0.3 is 0 Å². The lowest BCUT2D eigenvalue weighted by atomic mass is 9.97. The number of hydrogen-bond donors (Lipinski definition) is 0. The Balaban J connectivity index is 1.17. The van der Waals surface area contributed by atoms with Crippen molar-refractivity contribution in [3.63, 3.8) is 0 Å². The number of para-hydroxylation sites is 2. The third-order valence-electron chi connectivity index (χ3n) is 9.59. The van der Waals surface area contributed by atoms with E-state index in [2.05, 4.69) is 98.9 Å². The number of benzene rings is 7. The summed E-state index contributed by atoms with van der Waals surface area (Å²) in [5.74, 6) is 0. The first-order chi connectivity index (χ1) is 24.6. The van der Waals surface area contributed by atoms with E-state index >= 15 is 0 Å². The van der Waals surface area contributed by atoms with Crippen LogP contribution in [0.2, 0.25) is 0 Å². The fraction of sp³-hybridized carbons (Fsp3) is 0. The highest BCUT2D eigenvalue weighted by Gasteiger charge is 2.17. The molecular weight excluding hydrogens is 611 g/mol. The van der Waals surface area contributed by atoms with Gasteiger partial charge in [0.15, 0.2) is 5.69 Å². The molecule has 0 fully saturated rings. The van der Waals surface area contributed by atoms with Crippen molar-refractivity contribution < 1.29 is 0 Å². The lowest BCUT2D eigenvalue weighted by Crippen LogP contribution is -1.98. The maximum absolute atomic E-state index is 9.89. The van der Waals surface area contributed by atoms with E-state index in [0.717, 1.165) is 77.2 Å². The predicted molar refractivity (Wildman–Crippen MR) is 202 cm³/mol. The van der Waals surface area contributed by atoms with E-state index in [4.69, 9.17) is 6.57 Å². The summed E-state index contributed by atoms with van der Waals surface area (Å²) in [6.45, 7) is 7.66. The van der Waals surface area contributed by atoms with Gasteiger partial charge in [0, 0.05) is 38.3 Å². The molecule has 5 nitrogen and oxygen atoms in total. The fourth-order valence-corrected chi connectivity index (χ4v) is 7.31. The van der Waals surface area contributed by atoms with Crippen LogP contribution in [0.3, 0.4) is 0 Å². The first-order valence-electron chi connectivity index (χ1n) is 16.2. The maximum atomic E-state index is 9.89. The second-order valence-electron chi connectivity index (χ2n) is 12.3. The molecule has 0 unspecified atom stereocenters. The average molecular weight is 636 g/mol. The number of rotatable bonds is 4. The lowest BCUT2D eigenvalue weighted by molar-refractivity contribution is 1.18. The van der Waals surface area contributed by atoms with Crippen molar-refractivity contribution in [1.29, 1.82) is 10.5 Å². The van der Waals surface area contributed by atoms with Crippen LogP contribution in [0.5, 0.6) is 0 Å². The average Bonchev–Trinajstić information content (AvgIpc) is 3.69. The minimum atomic E-state index is 0.580. The molecule has 0 atom stereocenters. The van der Waals surface area contributed by atoms with Gasteiger partial charge in [-0.3, -0.25) is 0 Å². The smallest absolute Gasteiger partial charge is 0.189 e. The molecule has 0 aliphatic heterocycles. The van der Waals surface area contributed by atoms with Crippen molar-refractivity contribution in [1.82, 2.24) is 9.13 Å². The standard InChI is InChI=1S/C45H25N5/c1-48-34-19-20-38-36-9-2-5-12-42(36)50(45(38)26-34)43-21-13-29(27-46)23-39(43)32-17-15-31(16-18-32)33-7-6-8-35(25-33)49-41-11-4-3-10-37(41)40-24-30(28-47)14-22-44(40)49/h2-26H. The second-order valence-corrected chi connectivity index (χ2v) is 12.3. The fourth-order valence-electron chi connectivity index (χ4n) is 7.31. The number of aromatic nitrogens is 2. The summed E-state index contributed by atoms with van der Waals surface area (Å²) in [5.41, 5.74) is 12.0. The molecule has 50 heavy (non-hydrogen) atoms. The predicted octanol–water partition coefficient (Wildman–Crippen LogP) is 11.5. The quantitative estimate of drug-likeness (QED) is 0.181. The molecule has 9 rings (SSSR count). The van der Waals surface area contributed by atoms with Crippen LogP contribution < -0.4 is 0 Å². The highest BCUT2D eigenvalue weighted by molar-refractivity contribution is 6.11. The summed E-state index contributed by atoms with van der Waals surface area (Å²) in [6.07, 6.45) is 0. The first kappa shape index (κ1) is 28.8. The Morgan fingerprint density at radius 3 is 1.86 bits per heavy atom. The number of fused-ring (bicyclic) bond motifs is 6. The Morgan fingerprint density at radius 1 is 0.460 bits per heavy atom. The van der Waals surface area contributed by atoms with E-state index in [1.165, 1.54) is 0 Å². The van der Waals surface area contributed by atoms with Gasteiger partial charge in [0.25, 0.3) is 0 Å². The highest BCUT2D eigenvalue weighted by atomic mass is 15.0. The summed E-state index contributed by atoms with van der Waals surface area (Å²) < 4.78 is 4.47. The summed E-state index contributed by atoms with van der Waals surface area (Å²) in [7, 11) is 0. The number of nitrogens with zero attached hydrogens (tertiary/aromatic N) is 5. The lowest BCUT2D eigenvalue weighted by Gasteiger charge is -2.15. The molecule has 7 aromatic carbocycles. The third kappa shape index (κ3) is 4.45. The molecule has 0 N–H and O–H groups in total. The molecule has 230 valence electrons. The van der Waals surface area contributed by atoms with Crippen molar-refractivity contribution in [2.45, 2.75) is 0 Å². The molecular formula is C45H25N5. The van der Waals surface area contributed by atoms with Crippen LogP contribution in [0.1, 0.15) is 11.1 Å². The molecule has 5 heteroatoms. The van der Waals surface area contributed by atoms with Crippen molar-refractivity contribution >= 4 is 49.3 Å². The summed E-state index contributed by atoms with van der Waals surface area (Å²) >= 11 is 0. The Kier molecular flexibility index (Phi) is 6.56. The van der Waals surface area contributed by atoms with Crippen LogP contribution in [0.25, 0.3) is 82.1 Å².